The fraction of sp³-hybridized carbons (Fsp3) is 0.333. The number of alkyl halides is 3. The summed E-state index contributed by atoms with van der Waals surface area (Å²) >= 11 is 0. The first-order valence-corrected chi connectivity index (χ1v) is 13.5. The zero-order valence-electron chi connectivity index (χ0n) is 19.5. The van der Waals surface area contributed by atoms with Gasteiger partial charge >= 0.3 is 6.36 Å². The van der Waals surface area contributed by atoms with E-state index in [9.17, 15) is 21.6 Å². The summed E-state index contributed by atoms with van der Waals surface area (Å²) in [5.41, 5.74) is 5.13. The molecule has 190 valence electrons. The van der Waals surface area contributed by atoms with Crippen LogP contribution in [0.2, 0.25) is 0 Å². The van der Waals surface area contributed by atoms with E-state index >= 15 is 0 Å². The van der Waals surface area contributed by atoms with Gasteiger partial charge in [0.1, 0.15) is 5.75 Å². The van der Waals surface area contributed by atoms with Crippen molar-refractivity contribution in [3.63, 3.8) is 0 Å². The molecule has 0 spiro atoms. The highest BCUT2D eigenvalue weighted by Crippen LogP contribution is 2.38. The molecule has 0 unspecified atom stereocenters. The van der Waals surface area contributed by atoms with Crippen LogP contribution in [0.1, 0.15) is 41.1 Å². The second-order valence-electron chi connectivity index (χ2n) is 9.27. The number of nitrogens with one attached hydrogen (secondary N) is 1. The fourth-order valence-corrected chi connectivity index (χ4v) is 6.59. The minimum atomic E-state index is -4.83. The highest BCUT2D eigenvalue weighted by atomic mass is 32.2. The Balaban J connectivity index is 1.37. The zero-order valence-corrected chi connectivity index (χ0v) is 20.4. The number of nitrogens with zero attached hydrogens (tertiary/aromatic N) is 1. The summed E-state index contributed by atoms with van der Waals surface area (Å²) in [7, 11) is -3.92. The molecule has 1 atom stereocenters. The lowest BCUT2D eigenvalue weighted by atomic mass is 9.91. The minimum absolute atomic E-state index is 0.0333. The van der Waals surface area contributed by atoms with Gasteiger partial charge in [-0.1, -0.05) is 48.5 Å². The van der Waals surface area contributed by atoms with Crippen LogP contribution in [0.4, 0.5) is 13.2 Å². The van der Waals surface area contributed by atoms with E-state index in [1.54, 1.807) is 0 Å². The van der Waals surface area contributed by atoms with Crippen molar-refractivity contribution in [2.75, 3.05) is 13.1 Å². The van der Waals surface area contributed by atoms with Gasteiger partial charge in [0.05, 0.1) is 10.9 Å². The van der Waals surface area contributed by atoms with E-state index in [2.05, 4.69) is 62.9 Å². The van der Waals surface area contributed by atoms with Gasteiger partial charge in [0.25, 0.3) is 0 Å². The van der Waals surface area contributed by atoms with Crippen LogP contribution in [0, 0.1) is 0 Å². The molecule has 5 rings (SSSR count). The van der Waals surface area contributed by atoms with E-state index in [-0.39, 0.29) is 17.0 Å². The zero-order chi connectivity index (χ0) is 25.3. The molecule has 9 heteroatoms. The maximum absolute atomic E-state index is 13.0. The first-order chi connectivity index (χ1) is 17.2. The standard InChI is InChI=1S/C27H27F3N2O3S/c28-27(29,30)35-22-13-15-23(16-14-22)36(33,34)31-21-8-5-17-32(18-21)26-24-9-3-1-6-19(24)11-12-20-7-2-4-10-25(20)26/h1-4,6-7,9-10,13-16,21,26,31H,5,8,11-12,17-18H2/t21-/m0/s1. The Hall–Kier alpha value is -2.88. The Bertz CT molecular complexity index is 1280. The Morgan fingerprint density at radius 2 is 1.44 bits per heavy atom. The number of likely N-dealkylation sites (tertiary alicyclic amines) is 1. The number of hydrogen-bond donors (Lipinski definition) is 1. The lowest BCUT2D eigenvalue weighted by Gasteiger charge is -2.39. The average molecular weight is 517 g/mol. The van der Waals surface area contributed by atoms with Crippen LogP contribution >= 0.6 is 0 Å². The average Bonchev–Trinajstić information content (AvgIpc) is 3.00. The third kappa shape index (κ3) is 5.43. The summed E-state index contributed by atoms with van der Waals surface area (Å²) in [4.78, 5) is 2.25. The van der Waals surface area contributed by atoms with Gasteiger partial charge in [0.2, 0.25) is 10.0 Å². The van der Waals surface area contributed by atoms with Crippen molar-refractivity contribution in [2.24, 2.45) is 0 Å². The third-order valence-electron chi connectivity index (χ3n) is 6.87. The lowest BCUT2D eigenvalue weighted by molar-refractivity contribution is -0.274. The van der Waals surface area contributed by atoms with Gasteiger partial charge in [-0.05, 0) is 78.7 Å². The van der Waals surface area contributed by atoms with E-state index in [0.717, 1.165) is 50.1 Å². The number of hydrogen-bond acceptors (Lipinski definition) is 4. The SMILES string of the molecule is O=S(=O)(N[C@H]1CCCN(C2c3ccccc3CCc3ccccc32)C1)c1ccc(OC(F)(F)F)cc1. The summed E-state index contributed by atoms with van der Waals surface area (Å²) in [5.74, 6) is -0.462. The maximum Gasteiger partial charge on any atom is 0.573 e. The number of benzene rings is 3. The number of piperidine rings is 1. The molecule has 0 amide bonds. The summed E-state index contributed by atoms with van der Waals surface area (Å²) in [5, 5.41) is 0. The molecule has 5 nitrogen and oxygen atoms in total. The molecule has 3 aromatic carbocycles. The van der Waals surface area contributed by atoms with Crippen molar-refractivity contribution in [1.29, 1.82) is 0 Å². The number of aryl methyl sites for hydroxylation is 2. The van der Waals surface area contributed by atoms with Crippen molar-refractivity contribution >= 4 is 10.0 Å². The molecule has 1 heterocycles. The smallest absolute Gasteiger partial charge is 0.406 e. The fourth-order valence-electron chi connectivity index (χ4n) is 5.33. The van der Waals surface area contributed by atoms with Gasteiger partial charge in [0.15, 0.2) is 0 Å². The number of fused-ring (bicyclic) bond motifs is 2. The summed E-state index contributed by atoms with van der Waals surface area (Å²) in [6.07, 6.45) is -1.41. The Labute approximate surface area is 208 Å². The molecule has 1 N–H and O–H groups in total. The monoisotopic (exact) mass is 516 g/mol. The Morgan fingerprint density at radius 3 is 2.03 bits per heavy atom. The lowest BCUT2D eigenvalue weighted by Crippen LogP contribution is -2.49. The Kier molecular flexibility index (Phi) is 6.80. The molecule has 1 fully saturated rings. The van der Waals surface area contributed by atoms with Gasteiger partial charge in [-0.2, -0.15) is 0 Å². The predicted octanol–water partition coefficient (Wildman–Crippen LogP) is 5.22. The first kappa shape index (κ1) is 24.8. The van der Waals surface area contributed by atoms with Crippen LogP contribution in [0.15, 0.2) is 77.7 Å². The molecule has 0 bridgehead atoms. The number of rotatable bonds is 5. The molecule has 1 saturated heterocycles. The largest absolute Gasteiger partial charge is 0.573 e. The summed E-state index contributed by atoms with van der Waals surface area (Å²) in [6, 6.07) is 20.9. The van der Waals surface area contributed by atoms with Crippen molar-refractivity contribution in [1.82, 2.24) is 9.62 Å². The van der Waals surface area contributed by atoms with Crippen molar-refractivity contribution in [3.8, 4) is 5.75 Å². The molecule has 0 aromatic heterocycles. The number of sulfonamides is 1. The van der Waals surface area contributed by atoms with Gasteiger partial charge in [0, 0.05) is 12.6 Å². The minimum Gasteiger partial charge on any atom is -0.406 e. The second kappa shape index (κ2) is 9.88. The Morgan fingerprint density at radius 1 is 0.861 bits per heavy atom. The van der Waals surface area contributed by atoms with Gasteiger partial charge in [-0.15, -0.1) is 13.2 Å². The highest BCUT2D eigenvalue weighted by Gasteiger charge is 2.34. The molecule has 0 radical (unpaired) electrons. The summed E-state index contributed by atoms with van der Waals surface area (Å²) < 4.78 is 70.0. The molecule has 2 aliphatic rings. The maximum atomic E-state index is 13.0. The normalized spacial score (nSPS) is 19.2. The van der Waals surface area contributed by atoms with Crippen LogP contribution in [0.3, 0.4) is 0 Å². The molecule has 3 aromatic rings. The van der Waals surface area contributed by atoms with Crippen LogP contribution in [-0.4, -0.2) is 38.8 Å². The van der Waals surface area contributed by atoms with Gasteiger partial charge in [-0.25, -0.2) is 13.1 Å². The van der Waals surface area contributed by atoms with Crippen LogP contribution < -0.4 is 9.46 Å². The van der Waals surface area contributed by atoms with E-state index in [1.165, 1.54) is 22.3 Å². The topological polar surface area (TPSA) is 58.6 Å². The van der Waals surface area contributed by atoms with Crippen molar-refractivity contribution in [3.05, 3.63) is 95.1 Å². The van der Waals surface area contributed by atoms with Gasteiger partial charge < -0.3 is 4.74 Å². The van der Waals surface area contributed by atoms with Crippen molar-refractivity contribution in [2.45, 2.75) is 49.0 Å². The molecule has 1 aliphatic heterocycles. The molecule has 36 heavy (non-hydrogen) atoms. The number of ether oxygens (including phenoxy) is 1. The van der Waals surface area contributed by atoms with E-state index in [0.29, 0.717) is 13.0 Å². The number of halogens is 3. The van der Waals surface area contributed by atoms with E-state index in [4.69, 9.17) is 0 Å². The predicted molar refractivity (Wildman–Crippen MR) is 130 cm³/mol. The quantitative estimate of drug-likeness (QED) is 0.506. The molecular formula is C27H27F3N2O3S. The van der Waals surface area contributed by atoms with E-state index < -0.39 is 22.1 Å². The van der Waals surface area contributed by atoms with Crippen LogP contribution in [0.25, 0.3) is 0 Å². The summed E-state index contributed by atoms with van der Waals surface area (Å²) in [6.45, 7) is 1.37. The molecular weight excluding hydrogens is 489 g/mol. The van der Waals surface area contributed by atoms with Crippen LogP contribution in [-0.2, 0) is 22.9 Å². The van der Waals surface area contributed by atoms with Gasteiger partial charge in [-0.3, -0.25) is 4.90 Å². The van der Waals surface area contributed by atoms with E-state index in [1.807, 2.05) is 0 Å². The highest BCUT2D eigenvalue weighted by molar-refractivity contribution is 7.89. The second-order valence-corrected chi connectivity index (χ2v) is 11.0. The van der Waals surface area contributed by atoms with Crippen LogP contribution in [0.5, 0.6) is 5.75 Å². The molecule has 1 aliphatic carbocycles. The van der Waals surface area contributed by atoms with Crippen molar-refractivity contribution < 1.29 is 26.3 Å². The third-order valence-corrected chi connectivity index (χ3v) is 8.41. The molecule has 0 saturated carbocycles. The first-order valence-electron chi connectivity index (χ1n) is 12.0.